The van der Waals surface area contributed by atoms with Crippen molar-refractivity contribution in [1.82, 2.24) is 10.2 Å². The molecule has 6 nitrogen and oxygen atoms in total. The average Bonchev–Trinajstić information content (AvgIpc) is 2.74. The summed E-state index contributed by atoms with van der Waals surface area (Å²) >= 11 is 8.60. The van der Waals surface area contributed by atoms with E-state index in [2.05, 4.69) is 33.5 Å². The third kappa shape index (κ3) is 5.58. The Morgan fingerprint density at radius 1 is 1.13 bits per heavy atom. The highest BCUT2D eigenvalue weighted by atomic mass is 79.9. The van der Waals surface area contributed by atoms with Gasteiger partial charge < -0.3 is 15.0 Å². The third-order valence-electron chi connectivity index (χ3n) is 5.09. The first-order valence-corrected chi connectivity index (χ1v) is 10.9. The van der Waals surface area contributed by atoms with Gasteiger partial charge in [-0.1, -0.05) is 22.9 Å². The molecule has 1 fully saturated rings. The van der Waals surface area contributed by atoms with E-state index in [0.717, 1.165) is 30.4 Å². The predicted molar refractivity (Wildman–Crippen MR) is 125 cm³/mol. The summed E-state index contributed by atoms with van der Waals surface area (Å²) in [6, 6.07) is 12.2. The van der Waals surface area contributed by atoms with Crippen LogP contribution in [0.3, 0.4) is 0 Å². The van der Waals surface area contributed by atoms with Gasteiger partial charge in [-0.3, -0.25) is 14.9 Å². The number of likely N-dealkylation sites (tertiary alicyclic amines) is 1. The lowest BCUT2D eigenvalue weighted by atomic mass is 9.98. The van der Waals surface area contributed by atoms with Gasteiger partial charge >= 0.3 is 0 Å². The van der Waals surface area contributed by atoms with Crippen LogP contribution >= 0.6 is 28.1 Å². The van der Waals surface area contributed by atoms with E-state index in [0.29, 0.717) is 28.5 Å². The Balaban J connectivity index is 1.59. The number of rotatable bonds is 4. The first kappa shape index (κ1) is 22.2. The molecule has 0 unspecified atom stereocenters. The number of nitrogens with one attached hydrogen (secondary N) is 2. The summed E-state index contributed by atoms with van der Waals surface area (Å²) in [5, 5.41) is 5.77. The van der Waals surface area contributed by atoms with E-state index in [9.17, 15) is 9.59 Å². The second-order valence-electron chi connectivity index (χ2n) is 7.30. The average molecular weight is 490 g/mol. The maximum atomic E-state index is 12.6. The zero-order valence-electron chi connectivity index (χ0n) is 16.9. The number of ether oxygens (including phenoxy) is 1. The van der Waals surface area contributed by atoms with Gasteiger partial charge in [-0.05, 0) is 73.4 Å². The fourth-order valence-corrected chi connectivity index (χ4v) is 3.85. The van der Waals surface area contributed by atoms with Crippen LogP contribution in [0.1, 0.15) is 40.5 Å². The van der Waals surface area contributed by atoms with Gasteiger partial charge in [0.05, 0.1) is 12.7 Å². The SMILES string of the molecule is COc1ccc(Br)cc1C(=O)NC(=S)Nc1ccc(C(=O)N2CCC(C)CC2)cc1. The molecule has 2 N–H and O–H groups in total. The molecule has 0 atom stereocenters. The minimum atomic E-state index is -0.378. The van der Waals surface area contributed by atoms with Gasteiger partial charge in [-0.2, -0.15) is 0 Å². The Morgan fingerprint density at radius 2 is 1.80 bits per heavy atom. The quantitative estimate of drug-likeness (QED) is 0.620. The molecule has 2 amide bonds. The van der Waals surface area contributed by atoms with Crippen LogP contribution in [0.5, 0.6) is 5.75 Å². The van der Waals surface area contributed by atoms with E-state index in [1.165, 1.54) is 7.11 Å². The van der Waals surface area contributed by atoms with E-state index in [1.54, 1.807) is 42.5 Å². The molecule has 0 radical (unpaired) electrons. The highest BCUT2D eigenvalue weighted by Crippen LogP contribution is 2.23. The summed E-state index contributed by atoms with van der Waals surface area (Å²) in [6.07, 6.45) is 2.09. The lowest BCUT2D eigenvalue weighted by Crippen LogP contribution is -2.37. The van der Waals surface area contributed by atoms with E-state index in [-0.39, 0.29) is 16.9 Å². The monoisotopic (exact) mass is 489 g/mol. The van der Waals surface area contributed by atoms with Crippen molar-refractivity contribution in [2.45, 2.75) is 19.8 Å². The van der Waals surface area contributed by atoms with Crippen molar-refractivity contribution in [3.8, 4) is 5.75 Å². The predicted octanol–water partition coefficient (Wildman–Crippen LogP) is 4.46. The van der Waals surface area contributed by atoms with E-state index < -0.39 is 0 Å². The zero-order chi connectivity index (χ0) is 21.7. The number of nitrogens with zero attached hydrogens (tertiary/aromatic N) is 1. The molecule has 2 aromatic rings. The van der Waals surface area contributed by atoms with Crippen LogP contribution in [0.25, 0.3) is 0 Å². The lowest BCUT2D eigenvalue weighted by molar-refractivity contribution is 0.0697. The van der Waals surface area contributed by atoms with Gasteiger partial charge in [0.1, 0.15) is 5.75 Å². The van der Waals surface area contributed by atoms with Crippen LogP contribution < -0.4 is 15.4 Å². The molecule has 8 heteroatoms. The molecule has 0 bridgehead atoms. The van der Waals surface area contributed by atoms with Crippen LogP contribution in [0.2, 0.25) is 0 Å². The number of anilines is 1. The van der Waals surface area contributed by atoms with Crippen molar-refractivity contribution in [1.29, 1.82) is 0 Å². The summed E-state index contributed by atoms with van der Waals surface area (Å²) in [7, 11) is 1.50. The fourth-order valence-electron chi connectivity index (χ4n) is 3.28. The van der Waals surface area contributed by atoms with Crippen LogP contribution in [-0.4, -0.2) is 42.0 Å². The maximum absolute atomic E-state index is 12.6. The van der Waals surface area contributed by atoms with Crippen molar-refractivity contribution in [2.75, 3.05) is 25.5 Å². The number of carbonyl (C=O) groups is 2. The molecule has 1 heterocycles. The number of hydrogen-bond acceptors (Lipinski definition) is 4. The first-order valence-electron chi connectivity index (χ1n) is 9.72. The number of benzene rings is 2. The second kappa shape index (κ2) is 10.0. The summed E-state index contributed by atoms with van der Waals surface area (Å²) in [4.78, 5) is 27.1. The number of hydrogen-bond donors (Lipinski definition) is 2. The summed E-state index contributed by atoms with van der Waals surface area (Å²) in [6.45, 7) is 3.82. The molecule has 0 spiro atoms. The molecule has 0 saturated carbocycles. The minimum absolute atomic E-state index is 0.0473. The number of halogens is 1. The second-order valence-corrected chi connectivity index (χ2v) is 8.63. The van der Waals surface area contributed by atoms with Gasteiger partial charge in [0.25, 0.3) is 11.8 Å². The summed E-state index contributed by atoms with van der Waals surface area (Å²) in [5.41, 5.74) is 1.70. The van der Waals surface area contributed by atoms with E-state index >= 15 is 0 Å². The lowest BCUT2D eigenvalue weighted by Gasteiger charge is -2.30. The third-order valence-corrected chi connectivity index (χ3v) is 5.79. The first-order chi connectivity index (χ1) is 14.4. The minimum Gasteiger partial charge on any atom is -0.496 e. The fraction of sp³-hybridized carbons (Fsp3) is 0.318. The van der Waals surface area contributed by atoms with Crippen LogP contribution in [0.15, 0.2) is 46.9 Å². The normalized spacial score (nSPS) is 14.2. The molecule has 1 saturated heterocycles. The van der Waals surface area contributed by atoms with Gasteiger partial charge in [-0.15, -0.1) is 0 Å². The standard InChI is InChI=1S/C22H24BrN3O3S/c1-14-9-11-26(12-10-14)21(28)15-3-6-17(7-4-15)24-22(30)25-20(27)18-13-16(23)5-8-19(18)29-2/h3-8,13-14H,9-12H2,1-2H3,(H2,24,25,27,30). The highest BCUT2D eigenvalue weighted by Gasteiger charge is 2.21. The summed E-state index contributed by atoms with van der Waals surface area (Å²) < 4.78 is 5.99. The van der Waals surface area contributed by atoms with Crippen molar-refractivity contribution in [3.63, 3.8) is 0 Å². The van der Waals surface area contributed by atoms with Crippen LogP contribution in [-0.2, 0) is 0 Å². The molecular formula is C22H24BrN3O3S. The summed E-state index contributed by atoms with van der Waals surface area (Å²) in [5.74, 6) is 0.796. The number of carbonyl (C=O) groups excluding carboxylic acids is 2. The Morgan fingerprint density at radius 3 is 2.43 bits per heavy atom. The Hall–Kier alpha value is -2.45. The zero-order valence-corrected chi connectivity index (χ0v) is 19.3. The van der Waals surface area contributed by atoms with E-state index in [4.69, 9.17) is 17.0 Å². The van der Waals surface area contributed by atoms with Gasteiger partial charge in [0, 0.05) is 28.8 Å². The van der Waals surface area contributed by atoms with E-state index in [1.807, 2.05) is 4.90 Å². The maximum Gasteiger partial charge on any atom is 0.261 e. The molecule has 158 valence electrons. The largest absolute Gasteiger partial charge is 0.496 e. The molecule has 1 aliphatic heterocycles. The van der Waals surface area contributed by atoms with Crippen molar-refractivity contribution >= 4 is 50.8 Å². The molecule has 3 rings (SSSR count). The van der Waals surface area contributed by atoms with Gasteiger partial charge in [0.15, 0.2) is 5.11 Å². The number of thiocarbonyl (C=S) groups is 1. The molecule has 1 aliphatic rings. The molecule has 0 aliphatic carbocycles. The van der Waals surface area contributed by atoms with Crippen LogP contribution in [0.4, 0.5) is 5.69 Å². The molecular weight excluding hydrogens is 466 g/mol. The van der Waals surface area contributed by atoms with Crippen molar-refractivity contribution < 1.29 is 14.3 Å². The Kier molecular flexibility index (Phi) is 7.44. The van der Waals surface area contributed by atoms with Crippen molar-refractivity contribution in [3.05, 3.63) is 58.1 Å². The smallest absolute Gasteiger partial charge is 0.261 e. The molecule has 0 aromatic heterocycles. The Labute approximate surface area is 190 Å². The van der Waals surface area contributed by atoms with Crippen LogP contribution in [0, 0.1) is 5.92 Å². The topological polar surface area (TPSA) is 70.7 Å². The number of piperidine rings is 1. The van der Waals surface area contributed by atoms with Gasteiger partial charge in [0.2, 0.25) is 0 Å². The van der Waals surface area contributed by atoms with Crippen molar-refractivity contribution in [2.24, 2.45) is 5.92 Å². The van der Waals surface area contributed by atoms with Gasteiger partial charge in [-0.25, -0.2) is 0 Å². The Bertz CT molecular complexity index is 941. The number of amides is 2. The number of methoxy groups -OCH3 is 1. The highest BCUT2D eigenvalue weighted by molar-refractivity contribution is 9.10. The molecule has 30 heavy (non-hydrogen) atoms. The molecule has 2 aromatic carbocycles.